The van der Waals surface area contributed by atoms with Crippen LogP contribution in [0.1, 0.15) is 38.3 Å². The van der Waals surface area contributed by atoms with Crippen molar-refractivity contribution in [2.45, 2.75) is 70.4 Å². The molecule has 1 fully saturated rings. The minimum atomic E-state index is -1.44. The van der Waals surface area contributed by atoms with E-state index in [1.54, 1.807) is 30.3 Å². The average Bonchev–Trinajstić information content (AvgIpc) is 3.81. The van der Waals surface area contributed by atoms with Crippen LogP contribution in [0.2, 0.25) is 0 Å². The number of primary amides is 1. The monoisotopic (exact) mass is 638 g/mol. The topological polar surface area (TPSA) is 213 Å². The summed E-state index contributed by atoms with van der Waals surface area (Å²) in [6, 6.07) is 15.9. The summed E-state index contributed by atoms with van der Waals surface area (Å²) < 4.78 is 5.20. The van der Waals surface area contributed by atoms with Crippen LogP contribution in [-0.2, 0) is 46.3 Å². The highest BCUT2D eigenvalue weighted by atomic mass is 16.6. The van der Waals surface area contributed by atoms with Crippen LogP contribution in [0.15, 0.2) is 60.7 Å². The summed E-state index contributed by atoms with van der Waals surface area (Å²) in [6.45, 7) is 4.75. The maximum Gasteiger partial charge on any atom is 0.325 e. The second-order valence-electron chi connectivity index (χ2n) is 11.4. The molecule has 0 saturated carbocycles. The normalized spacial score (nSPS) is 17.2. The first kappa shape index (κ1) is 35.7. The predicted octanol–water partition coefficient (Wildman–Crippen LogP) is -0.337. The third kappa shape index (κ3) is 11.0. The Hall–Kier alpha value is -4.82. The molecule has 5 amide bonds. The number of carbonyl (C=O) groups is 6. The highest BCUT2D eigenvalue weighted by Gasteiger charge is 2.53. The van der Waals surface area contributed by atoms with Gasteiger partial charge in [-0.1, -0.05) is 74.5 Å². The van der Waals surface area contributed by atoms with Crippen LogP contribution < -0.4 is 27.1 Å². The third-order valence-electron chi connectivity index (χ3n) is 7.29. The third-order valence-corrected chi connectivity index (χ3v) is 7.29. The lowest BCUT2D eigenvalue weighted by molar-refractivity contribution is -0.151. The first-order valence-electron chi connectivity index (χ1n) is 15.1. The van der Waals surface area contributed by atoms with E-state index in [0.29, 0.717) is 11.6 Å². The predicted molar refractivity (Wildman–Crippen MR) is 166 cm³/mol. The van der Waals surface area contributed by atoms with E-state index in [9.17, 15) is 33.9 Å². The van der Waals surface area contributed by atoms with Gasteiger partial charge in [0.2, 0.25) is 11.8 Å². The Labute approximate surface area is 267 Å². The second kappa shape index (κ2) is 17.0. The van der Waals surface area contributed by atoms with Gasteiger partial charge in [-0.2, -0.15) is 0 Å². The van der Waals surface area contributed by atoms with Crippen molar-refractivity contribution in [1.82, 2.24) is 26.4 Å². The van der Waals surface area contributed by atoms with Crippen molar-refractivity contribution < 1.29 is 38.6 Å². The zero-order valence-electron chi connectivity index (χ0n) is 26.1. The van der Waals surface area contributed by atoms with Crippen LogP contribution >= 0.6 is 0 Å². The number of ether oxygens (including phenoxy) is 1. The second-order valence-corrected chi connectivity index (χ2v) is 11.4. The zero-order chi connectivity index (χ0) is 33.8. The van der Waals surface area contributed by atoms with Crippen molar-refractivity contribution in [2.75, 3.05) is 13.1 Å². The number of carboxylic acids is 1. The smallest absolute Gasteiger partial charge is 0.325 e. The first-order chi connectivity index (χ1) is 21.9. The largest absolute Gasteiger partial charge is 0.480 e. The number of hydrazine groups is 1. The van der Waals surface area contributed by atoms with E-state index in [-0.39, 0.29) is 12.3 Å². The van der Waals surface area contributed by atoms with Crippen molar-refractivity contribution >= 4 is 35.5 Å². The number of nitrogens with zero attached hydrogens (tertiary/aromatic N) is 1. The molecule has 3 unspecified atom stereocenters. The summed E-state index contributed by atoms with van der Waals surface area (Å²) in [4.78, 5) is 75.2. The van der Waals surface area contributed by atoms with Gasteiger partial charge in [-0.15, -0.1) is 0 Å². The zero-order valence-corrected chi connectivity index (χ0v) is 26.1. The van der Waals surface area contributed by atoms with Gasteiger partial charge in [-0.05, 0) is 43.4 Å². The molecule has 14 heteroatoms. The van der Waals surface area contributed by atoms with Crippen molar-refractivity contribution in [3.05, 3.63) is 71.8 Å². The fourth-order valence-electron chi connectivity index (χ4n) is 4.71. The average molecular weight is 639 g/mol. The van der Waals surface area contributed by atoms with Crippen LogP contribution in [-0.4, -0.2) is 89.0 Å². The summed E-state index contributed by atoms with van der Waals surface area (Å²) >= 11 is 0. The van der Waals surface area contributed by atoms with Gasteiger partial charge in [0.1, 0.15) is 18.6 Å². The molecule has 2 aromatic carbocycles. The van der Waals surface area contributed by atoms with E-state index in [0.717, 1.165) is 18.4 Å². The summed E-state index contributed by atoms with van der Waals surface area (Å²) in [5.41, 5.74) is 9.57. The molecular formula is C32H42N6O8. The van der Waals surface area contributed by atoms with Crippen LogP contribution in [0, 0.1) is 5.92 Å². The molecule has 248 valence electrons. The standard InChI is InChI=1S/C32H42N6O8/c1-19(2)25(34-16-10-15-21-11-6-4-7-12-21)30(43)35-20(3)29(42)37-38(18-24(39)40)32(45)27-26(46-27)31(44)36-23(28(33)41)17-22-13-8-5-9-14-22/h4-9,11-14,19-20,23,25-27,34H,10,15-18H2,1-3H3,(H2,33,41)(H,35,43)(H,36,44)(H,37,42)(H,39,40)/t20?,23?,25?,26-,27-/m1/s1. The van der Waals surface area contributed by atoms with Crippen molar-refractivity contribution in [1.29, 1.82) is 0 Å². The van der Waals surface area contributed by atoms with Crippen LogP contribution in [0.4, 0.5) is 0 Å². The Balaban J connectivity index is 1.53. The molecule has 0 aromatic heterocycles. The number of nitrogens with two attached hydrogens (primary N) is 1. The molecule has 1 aliphatic heterocycles. The van der Waals surface area contributed by atoms with E-state index in [1.165, 1.54) is 12.5 Å². The van der Waals surface area contributed by atoms with Gasteiger partial charge in [0.05, 0.1) is 6.04 Å². The lowest BCUT2D eigenvalue weighted by Gasteiger charge is -2.26. The molecule has 0 spiro atoms. The molecule has 0 aliphatic carbocycles. The molecule has 46 heavy (non-hydrogen) atoms. The number of carbonyl (C=O) groups excluding carboxylic acids is 5. The molecule has 0 bridgehead atoms. The van der Waals surface area contributed by atoms with E-state index in [4.69, 9.17) is 10.5 Å². The number of benzene rings is 2. The molecule has 7 N–H and O–H groups in total. The number of hydrogen-bond acceptors (Lipinski definition) is 8. The highest BCUT2D eigenvalue weighted by molar-refractivity contribution is 5.98. The van der Waals surface area contributed by atoms with Crippen molar-refractivity contribution in [3.8, 4) is 0 Å². The number of nitrogens with one attached hydrogen (secondary N) is 4. The fraction of sp³-hybridized carbons (Fsp3) is 0.438. The van der Waals surface area contributed by atoms with E-state index in [2.05, 4.69) is 21.4 Å². The quantitative estimate of drug-likeness (QED) is 0.0759. The number of aliphatic carboxylic acids is 1. The summed E-state index contributed by atoms with van der Waals surface area (Å²) in [6.07, 6.45) is -0.991. The number of hydrogen-bond donors (Lipinski definition) is 6. The Morgan fingerprint density at radius 2 is 1.48 bits per heavy atom. The van der Waals surface area contributed by atoms with Gasteiger partial charge in [-0.3, -0.25) is 34.2 Å². The van der Waals surface area contributed by atoms with Crippen molar-refractivity contribution in [3.63, 3.8) is 0 Å². The Morgan fingerprint density at radius 1 is 0.870 bits per heavy atom. The van der Waals surface area contributed by atoms with E-state index < -0.39 is 72.4 Å². The molecule has 1 aliphatic rings. The van der Waals surface area contributed by atoms with Crippen LogP contribution in [0.3, 0.4) is 0 Å². The molecule has 1 heterocycles. The van der Waals surface area contributed by atoms with Gasteiger partial charge in [-0.25, -0.2) is 5.01 Å². The van der Waals surface area contributed by atoms with Crippen LogP contribution in [0.25, 0.3) is 0 Å². The summed E-state index contributed by atoms with van der Waals surface area (Å²) in [5, 5.41) is 18.1. The fourth-order valence-corrected chi connectivity index (χ4v) is 4.71. The maximum absolute atomic E-state index is 13.0. The van der Waals surface area contributed by atoms with Gasteiger partial charge in [0, 0.05) is 6.42 Å². The minimum absolute atomic E-state index is 0.103. The lowest BCUT2D eigenvalue weighted by atomic mass is 10.0. The van der Waals surface area contributed by atoms with Gasteiger partial charge < -0.3 is 31.5 Å². The molecular weight excluding hydrogens is 596 g/mol. The van der Waals surface area contributed by atoms with E-state index in [1.807, 2.05) is 44.2 Å². The Kier molecular flexibility index (Phi) is 13.2. The first-order valence-corrected chi connectivity index (χ1v) is 15.1. The van der Waals surface area contributed by atoms with Crippen LogP contribution in [0.5, 0.6) is 0 Å². The van der Waals surface area contributed by atoms with Crippen molar-refractivity contribution in [2.24, 2.45) is 11.7 Å². The summed E-state index contributed by atoms with van der Waals surface area (Å²) in [5.74, 6) is -5.41. The minimum Gasteiger partial charge on any atom is -0.480 e. The Bertz CT molecular complexity index is 1370. The number of rotatable bonds is 17. The molecule has 5 atom stereocenters. The number of carboxylic acid groups (broad SMARTS) is 1. The molecule has 0 radical (unpaired) electrons. The molecule has 14 nitrogen and oxygen atoms in total. The number of aryl methyl sites for hydroxylation is 1. The Morgan fingerprint density at radius 3 is 2.04 bits per heavy atom. The van der Waals surface area contributed by atoms with Gasteiger partial charge >= 0.3 is 5.97 Å². The SMILES string of the molecule is CC(NC(=O)C(NCCCc1ccccc1)C(C)C)C(=O)NN(CC(=O)O)C(=O)[C@@H]1O[C@H]1C(=O)NC(Cc1ccccc1)C(N)=O. The molecule has 2 aromatic rings. The number of epoxide rings is 1. The number of amides is 5. The highest BCUT2D eigenvalue weighted by Crippen LogP contribution is 2.24. The molecule has 3 rings (SSSR count). The lowest BCUT2D eigenvalue weighted by Crippen LogP contribution is -2.58. The van der Waals surface area contributed by atoms with Gasteiger partial charge in [0.15, 0.2) is 12.2 Å². The summed E-state index contributed by atoms with van der Waals surface area (Å²) in [7, 11) is 0. The van der Waals surface area contributed by atoms with E-state index >= 15 is 0 Å². The maximum atomic E-state index is 13.0. The molecule has 1 saturated heterocycles. The van der Waals surface area contributed by atoms with Gasteiger partial charge in [0.25, 0.3) is 17.7 Å².